The Kier molecular flexibility index (Phi) is 8.52. The number of amides is 1. The van der Waals surface area contributed by atoms with Crippen molar-refractivity contribution >= 4 is 68.7 Å². The first-order chi connectivity index (χ1) is 19.2. The van der Waals surface area contributed by atoms with Crippen LogP contribution in [0.1, 0.15) is 10.4 Å². The van der Waals surface area contributed by atoms with Crippen molar-refractivity contribution in [2.24, 2.45) is 0 Å². The van der Waals surface area contributed by atoms with E-state index in [-0.39, 0.29) is 23.1 Å². The van der Waals surface area contributed by atoms with Crippen molar-refractivity contribution in [3.8, 4) is 11.5 Å². The van der Waals surface area contributed by atoms with Gasteiger partial charge < -0.3 is 4.98 Å². The van der Waals surface area contributed by atoms with Crippen LogP contribution in [0.2, 0.25) is 5.21 Å². The summed E-state index contributed by atoms with van der Waals surface area (Å²) in [6.45, 7) is 1.40. The molecule has 1 aliphatic rings. The predicted octanol–water partition coefficient (Wildman–Crippen LogP) is 3.31. The molecule has 2 aromatic heterocycles. The molecule has 1 amide bonds. The van der Waals surface area contributed by atoms with Crippen LogP contribution in [0, 0.1) is 10.1 Å². The Balaban J connectivity index is 1.35. The van der Waals surface area contributed by atoms with E-state index < -0.39 is 41.5 Å². The normalized spacial score (nSPS) is 15.9. The number of nitro groups is 1. The van der Waals surface area contributed by atoms with Gasteiger partial charge in [-0.2, -0.15) is 0 Å². The molecule has 1 unspecified atom stereocenters. The fourth-order valence-corrected chi connectivity index (χ4v) is 7.53. The number of hydrogen-bond acceptors (Lipinski definition) is 9. The van der Waals surface area contributed by atoms with E-state index in [1.807, 2.05) is 4.72 Å². The van der Waals surface area contributed by atoms with Crippen molar-refractivity contribution in [2.45, 2.75) is 16.2 Å². The number of benzene rings is 2. The van der Waals surface area contributed by atoms with Gasteiger partial charge in [-0.05, 0) is 6.07 Å². The zero-order valence-electron chi connectivity index (χ0n) is 20.6. The Hall–Kier alpha value is -3.29. The van der Waals surface area contributed by atoms with Crippen LogP contribution in [-0.4, -0.2) is 70.9 Å². The number of sulfonamides is 1. The van der Waals surface area contributed by atoms with Gasteiger partial charge in [0.2, 0.25) is 0 Å². The molecular formula is C25H21AsBrN4O8S. The van der Waals surface area contributed by atoms with E-state index in [9.17, 15) is 23.3 Å². The molecule has 1 atom stereocenters. The molecule has 2 aromatic carbocycles. The van der Waals surface area contributed by atoms with Crippen LogP contribution in [0.5, 0.6) is 11.5 Å². The molecule has 207 valence electrons. The van der Waals surface area contributed by atoms with Crippen molar-refractivity contribution < 1.29 is 32.3 Å². The first-order valence-corrected chi connectivity index (χ1v) is 16.4. The molecule has 4 aromatic rings. The second kappa shape index (κ2) is 12.1. The summed E-state index contributed by atoms with van der Waals surface area (Å²) >= 11 is 2.64. The number of nitrogens with one attached hydrogen (secondary N) is 2. The van der Waals surface area contributed by atoms with Crippen LogP contribution in [0.4, 0.5) is 5.69 Å². The Morgan fingerprint density at radius 1 is 1.23 bits per heavy atom. The van der Waals surface area contributed by atoms with Crippen molar-refractivity contribution in [3.63, 3.8) is 0 Å². The average molecular weight is 692 g/mol. The minimum atomic E-state index is -4.46. The van der Waals surface area contributed by atoms with Crippen LogP contribution in [0.15, 0.2) is 70.3 Å². The van der Waals surface area contributed by atoms with Crippen LogP contribution in [0.3, 0.4) is 0 Å². The molecule has 5 rings (SSSR count). The van der Waals surface area contributed by atoms with E-state index >= 15 is 0 Å². The summed E-state index contributed by atoms with van der Waals surface area (Å²) < 4.78 is 46.1. The van der Waals surface area contributed by atoms with Gasteiger partial charge in [0.25, 0.3) is 0 Å². The Morgan fingerprint density at radius 3 is 2.85 bits per heavy atom. The quantitative estimate of drug-likeness (QED) is 0.152. The second-order valence-electron chi connectivity index (χ2n) is 8.58. The molecule has 12 nitrogen and oxygen atoms in total. The molecule has 1 aliphatic heterocycles. The standard InChI is InChI=1S/C25H21AsBrN4O8S/c27-16-1-3-20(23(10-16)39-17-9-15-5-6-28-24(15)29-13-17)25(32)30-40(35,36)19-2-4-21(22(11-19)31(33)34)26-12-18-14-37-7-8-38-18/h1-6,9-11,13,18H,7-8,12,14H2,(H,28,29)(H,30,32). The Labute approximate surface area is 243 Å². The number of hydrogen-bond donors (Lipinski definition) is 2. The van der Waals surface area contributed by atoms with Crippen molar-refractivity contribution in [3.05, 3.63) is 81.1 Å². The zero-order valence-corrected chi connectivity index (χ0v) is 24.9. The SMILES string of the molecule is O=C(NS(=O)(=O)c1ccc([As]CC2COCCO2)c([N+](=O)[O-])c1)c1ccc(Br)cc1Oc1cnc2[nH]ccc2c1. The minimum Gasteiger partial charge on any atom is -0.346 e. The number of ether oxygens (including phenoxy) is 3. The van der Waals surface area contributed by atoms with E-state index in [0.717, 1.165) is 11.5 Å². The molecular weight excluding hydrogens is 671 g/mol. The van der Waals surface area contributed by atoms with Gasteiger partial charge in [-0.1, -0.05) is 0 Å². The van der Waals surface area contributed by atoms with Crippen LogP contribution < -0.4 is 13.8 Å². The van der Waals surface area contributed by atoms with Crippen molar-refractivity contribution in [2.75, 3.05) is 19.8 Å². The maximum atomic E-state index is 13.1. The molecule has 0 aliphatic carbocycles. The summed E-state index contributed by atoms with van der Waals surface area (Å²) in [5, 5.41) is 13.1. The number of halogens is 1. The number of carbonyl (C=O) groups excluding carboxylic acids is 1. The number of fused-ring (bicyclic) bond motifs is 1. The predicted molar refractivity (Wildman–Crippen MR) is 149 cm³/mol. The number of H-pyrrole nitrogens is 1. The topological polar surface area (TPSA) is 163 Å². The van der Waals surface area contributed by atoms with E-state index in [0.29, 0.717) is 45.2 Å². The van der Waals surface area contributed by atoms with Gasteiger partial charge in [0.15, 0.2) is 0 Å². The third-order valence-electron chi connectivity index (χ3n) is 5.82. The summed E-state index contributed by atoms with van der Waals surface area (Å²) in [7, 11) is -4.46. The molecule has 1 fully saturated rings. The van der Waals surface area contributed by atoms with E-state index in [1.54, 1.807) is 24.4 Å². The van der Waals surface area contributed by atoms with Gasteiger partial charge in [0.1, 0.15) is 5.65 Å². The smallest absolute Gasteiger partial charge is 0.346 e. The average Bonchev–Trinajstić information content (AvgIpc) is 3.40. The number of carbonyl (C=O) groups is 1. The number of nitro benzene ring substituents is 1. The molecule has 1 saturated heterocycles. The van der Waals surface area contributed by atoms with E-state index in [1.165, 1.54) is 30.5 Å². The number of nitrogens with zero attached hydrogens (tertiary/aromatic N) is 2. The first kappa shape index (κ1) is 28.2. The molecule has 0 bridgehead atoms. The van der Waals surface area contributed by atoms with E-state index in [2.05, 4.69) is 25.9 Å². The van der Waals surface area contributed by atoms with Gasteiger partial charge in [-0.25, -0.2) is 4.98 Å². The summed E-state index contributed by atoms with van der Waals surface area (Å²) in [5.41, 5.74) is 0.267. The third kappa shape index (κ3) is 6.53. The van der Waals surface area contributed by atoms with Gasteiger partial charge in [0, 0.05) is 11.6 Å². The molecule has 0 saturated carbocycles. The van der Waals surface area contributed by atoms with Gasteiger partial charge in [-0.15, -0.1) is 0 Å². The van der Waals surface area contributed by atoms with Crippen LogP contribution >= 0.6 is 15.9 Å². The molecule has 3 heterocycles. The number of aromatic amines is 1. The van der Waals surface area contributed by atoms with Gasteiger partial charge >= 0.3 is 211 Å². The zero-order chi connectivity index (χ0) is 28.3. The number of rotatable bonds is 9. The number of aromatic nitrogens is 2. The maximum absolute atomic E-state index is 13.1. The fraction of sp³-hybridized carbons (Fsp3) is 0.200. The fourth-order valence-electron chi connectivity index (χ4n) is 3.90. The first-order valence-electron chi connectivity index (χ1n) is 11.8. The van der Waals surface area contributed by atoms with Gasteiger partial charge in [-0.3, -0.25) is 0 Å². The Bertz CT molecular complexity index is 1690. The Morgan fingerprint density at radius 2 is 2.08 bits per heavy atom. The van der Waals surface area contributed by atoms with Gasteiger partial charge in [0.05, 0.1) is 0 Å². The molecule has 40 heavy (non-hydrogen) atoms. The molecule has 1 radical (unpaired) electrons. The summed E-state index contributed by atoms with van der Waals surface area (Å²) in [4.78, 5) is 31.1. The summed E-state index contributed by atoms with van der Waals surface area (Å²) in [6.07, 6.45) is 3.04. The molecule has 0 spiro atoms. The van der Waals surface area contributed by atoms with Crippen LogP contribution in [0.25, 0.3) is 11.0 Å². The molecule has 2 N–H and O–H groups in total. The second-order valence-corrected chi connectivity index (χ2v) is 13.6. The monoisotopic (exact) mass is 691 g/mol. The minimum absolute atomic E-state index is 0.0632. The third-order valence-corrected chi connectivity index (χ3v) is 10.4. The van der Waals surface area contributed by atoms with Crippen LogP contribution in [-0.2, 0) is 19.5 Å². The summed E-state index contributed by atoms with van der Waals surface area (Å²) in [5.74, 6) is -0.551. The van der Waals surface area contributed by atoms with Crippen molar-refractivity contribution in [1.29, 1.82) is 0 Å². The van der Waals surface area contributed by atoms with E-state index in [4.69, 9.17) is 14.2 Å². The van der Waals surface area contributed by atoms with Crippen molar-refractivity contribution in [1.82, 2.24) is 14.7 Å². The number of pyridine rings is 1. The summed E-state index contributed by atoms with van der Waals surface area (Å²) in [6, 6.07) is 11.6. The molecule has 15 heteroatoms.